The van der Waals surface area contributed by atoms with Crippen molar-refractivity contribution in [3.8, 4) is 0 Å². The average molecular weight is 222 g/mol. The summed E-state index contributed by atoms with van der Waals surface area (Å²) in [6.45, 7) is 15.5. The first-order chi connectivity index (χ1) is 6.76. The van der Waals surface area contributed by atoms with Crippen molar-refractivity contribution in [1.29, 1.82) is 0 Å². The summed E-state index contributed by atoms with van der Waals surface area (Å²) in [6.07, 6.45) is 11.8. The molecule has 0 nitrogen and oxygen atoms in total. The van der Waals surface area contributed by atoms with Crippen LogP contribution in [0.25, 0.3) is 0 Å². The first-order valence-corrected chi connectivity index (χ1v) is 5.03. The molecule has 0 aromatic carbocycles. The summed E-state index contributed by atoms with van der Waals surface area (Å²) in [5.41, 5.74) is 2.05. The van der Waals surface area contributed by atoms with Crippen molar-refractivity contribution in [3.05, 3.63) is 60.8 Å². The third-order valence-corrected chi connectivity index (χ3v) is 1.43. The van der Waals surface area contributed by atoms with Gasteiger partial charge in [0, 0.05) is 0 Å². The highest BCUT2D eigenvalue weighted by Gasteiger charge is 1.90. The van der Waals surface area contributed by atoms with Crippen LogP contribution in [0.3, 0.4) is 0 Å². The molecule has 0 amide bonds. The molecule has 0 radical (unpaired) electrons. The van der Waals surface area contributed by atoms with Crippen molar-refractivity contribution in [2.75, 3.05) is 0 Å². The van der Waals surface area contributed by atoms with Crippen LogP contribution >= 0.6 is 0 Å². The third-order valence-electron chi connectivity index (χ3n) is 1.43. The van der Waals surface area contributed by atoms with E-state index in [1.165, 1.54) is 0 Å². The fourth-order valence-electron chi connectivity index (χ4n) is 0.767. The predicted octanol–water partition coefficient (Wildman–Crippen LogP) is 6.11. The standard InChI is InChI=1S/C12H16.C2H6.2CH4/c1-5-8-10-12(9-6-2)11(4)7-3;1-2;;/h5-10H,3-4H2,1-2H3;1-2H3;2*1H4/b8-5-,9-6-,12-10-;;;. The fourth-order valence-corrected chi connectivity index (χ4v) is 0.767. The van der Waals surface area contributed by atoms with Gasteiger partial charge in [0.05, 0.1) is 0 Å². The molecule has 0 unspecified atom stereocenters. The van der Waals surface area contributed by atoms with E-state index in [-0.39, 0.29) is 14.9 Å². The van der Waals surface area contributed by atoms with E-state index in [2.05, 4.69) is 13.2 Å². The zero-order valence-electron chi connectivity index (χ0n) is 9.88. The average Bonchev–Trinajstić information content (AvgIpc) is 2.26. The molecule has 0 N–H and O–H groups in total. The van der Waals surface area contributed by atoms with Gasteiger partial charge in [0.2, 0.25) is 0 Å². The minimum absolute atomic E-state index is 0. The molecule has 0 aliphatic rings. The van der Waals surface area contributed by atoms with Crippen LogP contribution in [0.15, 0.2) is 60.8 Å². The summed E-state index contributed by atoms with van der Waals surface area (Å²) < 4.78 is 0. The van der Waals surface area contributed by atoms with E-state index in [0.29, 0.717) is 0 Å². The van der Waals surface area contributed by atoms with Gasteiger partial charge in [-0.2, -0.15) is 0 Å². The highest BCUT2D eigenvalue weighted by atomic mass is 14.0. The smallest absolute Gasteiger partial charge is 0.0194 e. The topological polar surface area (TPSA) is 0 Å². The Balaban J connectivity index is -0.000000169. The van der Waals surface area contributed by atoms with Gasteiger partial charge >= 0.3 is 0 Å². The van der Waals surface area contributed by atoms with Crippen LogP contribution in [0, 0.1) is 0 Å². The lowest BCUT2D eigenvalue weighted by Gasteiger charge is -1.98. The maximum absolute atomic E-state index is 3.87. The summed E-state index contributed by atoms with van der Waals surface area (Å²) in [6, 6.07) is 0. The molecule has 94 valence electrons. The largest absolute Gasteiger partial charge is 0.0985 e. The molecule has 0 rings (SSSR count). The van der Waals surface area contributed by atoms with E-state index in [4.69, 9.17) is 0 Å². The lowest BCUT2D eigenvalue weighted by atomic mass is 10.1. The molecule has 0 atom stereocenters. The summed E-state index contributed by atoms with van der Waals surface area (Å²) in [5.74, 6) is 0. The molecule has 0 aliphatic heterocycles. The Morgan fingerprint density at radius 1 is 1.00 bits per heavy atom. The Morgan fingerprint density at radius 2 is 1.50 bits per heavy atom. The SMILES string of the molecule is C.C.C=CC(=C)C(/C=C\C)=C\C=C/C.CC. The minimum atomic E-state index is 0. The highest BCUT2D eigenvalue weighted by Crippen LogP contribution is 2.10. The van der Waals surface area contributed by atoms with Crippen LogP contribution < -0.4 is 0 Å². The molecule has 0 saturated carbocycles. The first kappa shape index (κ1) is 24.1. The van der Waals surface area contributed by atoms with Crippen molar-refractivity contribution in [3.63, 3.8) is 0 Å². The van der Waals surface area contributed by atoms with Gasteiger partial charge in [-0.05, 0) is 25.0 Å². The van der Waals surface area contributed by atoms with Gasteiger partial charge in [-0.1, -0.05) is 78.3 Å². The van der Waals surface area contributed by atoms with Gasteiger partial charge in [-0.25, -0.2) is 0 Å². The second-order valence-corrected chi connectivity index (χ2v) is 2.38. The number of hydrogen-bond donors (Lipinski definition) is 0. The van der Waals surface area contributed by atoms with E-state index in [1.807, 2.05) is 58.1 Å². The number of rotatable bonds is 4. The zero-order chi connectivity index (χ0) is 11.4. The lowest BCUT2D eigenvalue weighted by molar-refractivity contribution is 1.50. The molecular weight excluding hydrogens is 192 g/mol. The predicted molar refractivity (Wildman–Crippen MR) is 81.9 cm³/mol. The van der Waals surface area contributed by atoms with Gasteiger partial charge in [-0.15, -0.1) is 0 Å². The molecule has 0 aromatic rings. The molecular formula is C16H30. The van der Waals surface area contributed by atoms with Crippen molar-refractivity contribution >= 4 is 0 Å². The van der Waals surface area contributed by atoms with Crippen molar-refractivity contribution in [1.82, 2.24) is 0 Å². The van der Waals surface area contributed by atoms with Crippen molar-refractivity contribution in [2.45, 2.75) is 42.5 Å². The molecule has 16 heavy (non-hydrogen) atoms. The van der Waals surface area contributed by atoms with Crippen LogP contribution in [-0.4, -0.2) is 0 Å². The Kier molecular flexibility index (Phi) is 29.1. The molecule has 0 aliphatic carbocycles. The monoisotopic (exact) mass is 222 g/mol. The second kappa shape index (κ2) is 19.3. The summed E-state index contributed by atoms with van der Waals surface area (Å²) >= 11 is 0. The Bertz CT molecular complexity index is 237. The van der Waals surface area contributed by atoms with Crippen LogP contribution in [0.4, 0.5) is 0 Å². The Hall–Kier alpha value is -1.30. The van der Waals surface area contributed by atoms with E-state index in [9.17, 15) is 0 Å². The normalized spacial score (nSPS) is 9.88. The summed E-state index contributed by atoms with van der Waals surface area (Å²) in [4.78, 5) is 0. The summed E-state index contributed by atoms with van der Waals surface area (Å²) in [5, 5.41) is 0. The molecule has 0 heterocycles. The number of hydrogen-bond acceptors (Lipinski definition) is 0. The fraction of sp³-hybridized carbons (Fsp3) is 0.375. The molecule has 0 fully saturated rings. The third kappa shape index (κ3) is 12.7. The van der Waals surface area contributed by atoms with E-state index in [1.54, 1.807) is 6.08 Å². The highest BCUT2D eigenvalue weighted by molar-refractivity contribution is 5.45. The second-order valence-electron chi connectivity index (χ2n) is 2.38. The van der Waals surface area contributed by atoms with Gasteiger partial charge in [0.1, 0.15) is 0 Å². The molecule has 0 spiro atoms. The Morgan fingerprint density at radius 3 is 1.81 bits per heavy atom. The van der Waals surface area contributed by atoms with Crippen LogP contribution in [0.5, 0.6) is 0 Å². The van der Waals surface area contributed by atoms with Crippen molar-refractivity contribution < 1.29 is 0 Å². The van der Waals surface area contributed by atoms with Crippen LogP contribution in [-0.2, 0) is 0 Å². The maximum atomic E-state index is 3.87. The molecule has 0 bridgehead atoms. The van der Waals surface area contributed by atoms with E-state index >= 15 is 0 Å². The van der Waals surface area contributed by atoms with Gasteiger partial charge in [0.15, 0.2) is 0 Å². The summed E-state index contributed by atoms with van der Waals surface area (Å²) in [7, 11) is 0. The zero-order valence-corrected chi connectivity index (χ0v) is 9.88. The van der Waals surface area contributed by atoms with Gasteiger partial charge in [-0.3, -0.25) is 0 Å². The van der Waals surface area contributed by atoms with E-state index < -0.39 is 0 Å². The minimum Gasteiger partial charge on any atom is -0.0985 e. The molecule has 0 heteroatoms. The van der Waals surface area contributed by atoms with E-state index in [0.717, 1.165) is 11.1 Å². The van der Waals surface area contributed by atoms with Crippen molar-refractivity contribution in [2.24, 2.45) is 0 Å². The van der Waals surface area contributed by atoms with Gasteiger partial charge in [0.25, 0.3) is 0 Å². The first-order valence-electron chi connectivity index (χ1n) is 5.03. The molecule has 0 aromatic heterocycles. The lowest BCUT2D eigenvalue weighted by Crippen LogP contribution is -1.78. The van der Waals surface area contributed by atoms with Crippen LogP contribution in [0.1, 0.15) is 42.5 Å². The van der Waals surface area contributed by atoms with Gasteiger partial charge < -0.3 is 0 Å². The number of allylic oxidation sites excluding steroid dienone is 8. The maximum Gasteiger partial charge on any atom is -0.0194 e. The molecule has 0 saturated heterocycles. The quantitative estimate of drug-likeness (QED) is 0.504. The van der Waals surface area contributed by atoms with Crippen LogP contribution in [0.2, 0.25) is 0 Å². The Labute approximate surface area is 104 Å².